The second-order valence-electron chi connectivity index (χ2n) is 5.42. The molecule has 0 aliphatic heterocycles. The van der Waals surface area contributed by atoms with Crippen molar-refractivity contribution in [1.82, 2.24) is 5.32 Å². The van der Waals surface area contributed by atoms with Gasteiger partial charge in [-0.2, -0.15) is 5.26 Å². The van der Waals surface area contributed by atoms with Gasteiger partial charge in [0.25, 0.3) is 0 Å². The van der Waals surface area contributed by atoms with Crippen LogP contribution in [0.1, 0.15) is 11.1 Å². The lowest BCUT2D eigenvalue weighted by Gasteiger charge is -2.12. The van der Waals surface area contributed by atoms with E-state index in [9.17, 15) is 9.90 Å². The second-order valence-corrected chi connectivity index (χ2v) is 5.42. The average Bonchev–Trinajstić information content (AvgIpc) is 2.59. The summed E-state index contributed by atoms with van der Waals surface area (Å²) in [7, 11) is 0. The van der Waals surface area contributed by atoms with E-state index < -0.39 is 6.10 Å². The fourth-order valence-corrected chi connectivity index (χ4v) is 2.30. The van der Waals surface area contributed by atoms with Gasteiger partial charge in [0.2, 0.25) is 5.91 Å². The van der Waals surface area contributed by atoms with E-state index in [1.807, 2.05) is 42.5 Å². The molecule has 0 aliphatic rings. The summed E-state index contributed by atoms with van der Waals surface area (Å²) < 4.78 is 5.21. The summed E-state index contributed by atoms with van der Waals surface area (Å²) in [5.74, 6) is 0.394. The maximum atomic E-state index is 12.0. The van der Waals surface area contributed by atoms with Crippen LogP contribution in [0.25, 0.3) is 0 Å². The van der Waals surface area contributed by atoms with Crippen molar-refractivity contribution in [3.05, 3.63) is 65.7 Å². The Morgan fingerprint density at radius 3 is 2.67 bits per heavy atom. The maximum absolute atomic E-state index is 12.0. The van der Waals surface area contributed by atoms with Gasteiger partial charge in [0.15, 0.2) is 6.61 Å². The molecule has 24 heavy (non-hydrogen) atoms. The highest BCUT2D eigenvalue weighted by molar-refractivity contribution is 5.78. The molecule has 1 amide bonds. The number of nitriles is 1. The molecule has 124 valence electrons. The van der Waals surface area contributed by atoms with E-state index in [1.54, 1.807) is 18.2 Å². The van der Waals surface area contributed by atoms with Gasteiger partial charge in [-0.1, -0.05) is 42.5 Å². The zero-order chi connectivity index (χ0) is 17.2. The molecule has 0 radical (unpaired) electrons. The van der Waals surface area contributed by atoms with E-state index in [1.165, 1.54) is 0 Å². The molecule has 5 heteroatoms. The van der Waals surface area contributed by atoms with Crippen molar-refractivity contribution in [2.75, 3.05) is 13.2 Å². The molecule has 0 spiro atoms. The van der Waals surface area contributed by atoms with Crippen LogP contribution in [0.15, 0.2) is 54.6 Å². The van der Waals surface area contributed by atoms with Crippen molar-refractivity contribution in [2.24, 2.45) is 0 Å². The summed E-state index contributed by atoms with van der Waals surface area (Å²) in [5, 5.41) is 21.2. The van der Waals surface area contributed by atoms with Crippen LogP contribution in [0.5, 0.6) is 5.75 Å². The van der Waals surface area contributed by atoms with Gasteiger partial charge in [0.1, 0.15) is 11.8 Å². The summed E-state index contributed by atoms with van der Waals surface area (Å²) in [6.45, 7) is 0.180. The van der Waals surface area contributed by atoms with Gasteiger partial charge in [-0.25, -0.2) is 0 Å². The lowest BCUT2D eigenvalue weighted by molar-refractivity contribution is -0.120. The Morgan fingerprint density at radius 2 is 1.92 bits per heavy atom. The smallest absolute Gasteiger partial charge is 0.224 e. The lowest BCUT2D eigenvalue weighted by Crippen LogP contribution is -2.34. The topological polar surface area (TPSA) is 82.3 Å². The first-order chi connectivity index (χ1) is 11.7. The van der Waals surface area contributed by atoms with Gasteiger partial charge in [-0.15, -0.1) is 0 Å². The predicted molar refractivity (Wildman–Crippen MR) is 90.4 cm³/mol. The summed E-state index contributed by atoms with van der Waals surface area (Å²) in [4.78, 5) is 12.0. The van der Waals surface area contributed by atoms with E-state index in [0.29, 0.717) is 12.2 Å². The summed E-state index contributed by atoms with van der Waals surface area (Å²) in [6, 6.07) is 18.6. The molecule has 0 aromatic heterocycles. The number of ether oxygens (including phenoxy) is 1. The fraction of sp³-hybridized carbons (Fsp3) is 0.263. The third-order valence-electron chi connectivity index (χ3n) is 3.42. The molecule has 2 aromatic rings. The van der Waals surface area contributed by atoms with E-state index in [4.69, 9.17) is 10.00 Å². The molecule has 0 bridgehead atoms. The number of aliphatic hydroxyl groups is 1. The van der Waals surface area contributed by atoms with Gasteiger partial charge in [0.05, 0.1) is 12.5 Å². The van der Waals surface area contributed by atoms with Crippen LogP contribution in [0, 0.1) is 11.3 Å². The zero-order valence-electron chi connectivity index (χ0n) is 13.3. The minimum absolute atomic E-state index is 0.0265. The van der Waals surface area contributed by atoms with Crippen molar-refractivity contribution in [3.63, 3.8) is 0 Å². The number of nitrogens with one attached hydrogen (secondary N) is 1. The highest BCUT2D eigenvalue weighted by atomic mass is 16.5. The average molecular weight is 324 g/mol. The van der Waals surface area contributed by atoms with Crippen LogP contribution in [0.2, 0.25) is 0 Å². The fourth-order valence-electron chi connectivity index (χ4n) is 2.30. The molecule has 2 N–H and O–H groups in total. The highest BCUT2D eigenvalue weighted by Gasteiger charge is 2.09. The molecule has 0 saturated carbocycles. The quantitative estimate of drug-likeness (QED) is 0.776. The number of aliphatic hydroxyl groups excluding tert-OH is 1. The van der Waals surface area contributed by atoms with Gasteiger partial charge >= 0.3 is 0 Å². The molecule has 5 nitrogen and oxygen atoms in total. The standard InChI is InChI=1S/C19H20N2O3/c20-9-10-24-18-8-4-7-16(12-18)13-19(23)21-14-17(22)11-15-5-2-1-3-6-15/h1-8,12,17,22H,10-11,13-14H2,(H,21,23). The molecule has 0 heterocycles. The minimum Gasteiger partial charge on any atom is -0.479 e. The molecular formula is C19H20N2O3. The van der Waals surface area contributed by atoms with Crippen LogP contribution in [0.3, 0.4) is 0 Å². The number of benzene rings is 2. The molecule has 1 unspecified atom stereocenters. The van der Waals surface area contributed by atoms with Gasteiger partial charge in [-0.3, -0.25) is 4.79 Å². The molecular weight excluding hydrogens is 304 g/mol. The third kappa shape index (κ3) is 6.11. The van der Waals surface area contributed by atoms with Crippen molar-refractivity contribution in [1.29, 1.82) is 5.26 Å². The summed E-state index contributed by atoms with van der Waals surface area (Å²) in [5.41, 5.74) is 1.82. The van der Waals surface area contributed by atoms with E-state index >= 15 is 0 Å². The first-order valence-electron chi connectivity index (χ1n) is 7.75. The molecule has 2 rings (SSSR count). The van der Waals surface area contributed by atoms with E-state index in [2.05, 4.69) is 5.32 Å². The Hall–Kier alpha value is -2.84. The number of hydrogen-bond donors (Lipinski definition) is 2. The van der Waals surface area contributed by atoms with Crippen molar-refractivity contribution >= 4 is 5.91 Å². The Morgan fingerprint density at radius 1 is 1.17 bits per heavy atom. The predicted octanol–water partition coefficient (Wildman–Crippen LogP) is 1.85. The highest BCUT2D eigenvalue weighted by Crippen LogP contribution is 2.13. The minimum atomic E-state index is -0.623. The number of hydrogen-bond acceptors (Lipinski definition) is 4. The Bertz CT molecular complexity index is 695. The number of nitrogens with zero attached hydrogens (tertiary/aromatic N) is 1. The van der Waals surface area contributed by atoms with Crippen LogP contribution >= 0.6 is 0 Å². The number of amides is 1. The number of carbonyl (C=O) groups is 1. The van der Waals surface area contributed by atoms with E-state index in [0.717, 1.165) is 11.1 Å². The summed E-state index contributed by atoms with van der Waals surface area (Å²) >= 11 is 0. The molecule has 0 aliphatic carbocycles. The van der Waals surface area contributed by atoms with Gasteiger partial charge in [-0.05, 0) is 23.3 Å². The molecule has 1 atom stereocenters. The van der Waals surface area contributed by atoms with Crippen molar-refractivity contribution in [3.8, 4) is 11.8 Å². The Kier molecular flexibility index (Phi) is 6.81. The first-order valence-corrected chi connectivity index (χ1v) is 7.75. The van der Waals surface area contributed by atoms with Crippen molar-refractivity contribution in [2.45, 2.75) is 18.9 Å². The third-order valence-corrected chi connectivity index (χ3v) is 3.42. The zero-order valence-corrected chi connectivity index (χ0v) is 13.3. The number of rotatable bonds is 8. The van der Waals surface area contributed by atoms with Gasteiger partial charge in [0, 0.05) is 13.0 Å². The lowest BCUT2D eigenvalue weighted by atomic mass is 10.1. The van der Waals surface area contributed by atoms with Crippen molar-refractivity contribution < 1.29 is 14.6 Å². The maximum Gasteiger partial charge on any atom is 0.224 e. The van der Waals surface area contributed by atoms with Crippen LogP contribution in [0.4, 0.5) is 0 Å². The van der Waals surface area contributed by atoms with Crippen LogP contribution < -0.4 is 10.1 Å². The summed E-state index contributed by atoms with van der Waals surface area (Å²) in [6.07, 6.45) is 0.0714. The first kappa shape index (κ1) is 17.5. The molecule has 0 fully saturated rings. The largest absolute Gasteiger partial charge is 0.479 e. The Balaban J connectivity index is 1.77. The Labute approximate surface area is 141 Å². The van der Waals surface area contributed by atoms with E-state index in [-0.39, 0.29) is 25.5 Å². The van der Waals surface area contributed by atoms with Gasteiger partial charge < -0.3 is 15.2 Å². The number of carbonyl (C=O) groups excluding carboxylic acids is 1. The second kappa shape index (κ2) is 9.33. The normalized spacial score (nSPS) is 11.3. The molecule has 0 saturated heterocycles. The van der Waals surface area contributed by atoms with Crippen LogP contribution in [-0.4, -0.2) is 30.3 Å². The molecule has 2 aromatic carbocycles. The SMILES string of the molecule is N#CCOc1cccc(CC(=O)NCC(O)Cc2ccccc2)c1. The van der Waals surface area contributed by atoms with Crippen LogP contribution in [-0.2, 0) is 17.6 Å². The monoisotopic (exact) mass is 324 g/mol.